The van der Waals surface area contributed by atoms with Crippen LogP contribution in [0.4, 0.5) is 0 Å². The van der Waals surface area contributed by atoms with Gasteiger partial charge in [-0.25, -0.2) is 4.98 Å². The Bertz CT molecular complexity index is 1330. The van der Waals surface area contributed by atoms with Crippen molar-refractivity contribution in [1.29, 1.82) is 0 Å². The molecule has 40 heavy (non-hydrogen) atoms. The molecule has 1 aromatic heterocycles. The van der Waals surface area contributed by atoms with Crippen LogP contribution in [0.1, 0.15) is 97.7 Å². The predicted molar refractivity (Wildman–Crippen MR) is 159 cm³/mol. The molecular formula is C34H42N4O2. The number of rotatable bonds is 7. The van der Waals surface area contributed by atoms with E-state index in [9.17, 15) is 4.79 Å². The summed E-state index contributed by atoms with van der Waals surface area (Å²) in [5, 5.41) is 0. The third kappa shape index (κ3) is 5.28. The molecule has 210 valence electrons. The van der Waals surface area contributed by atoms with Crippen LogP contribution in [-0.2, 0) is 6.54 Å². The van der Waals surface area contributed by atoms with E-state index in [4.69, 9.17) is 4.74 Å². The van der Waals surface area contributed by atoms with Gasteiger partial charge in [0, 0.05) is 36.0 Å². The minimum absolute atomic E-state index is 0.0165. The molecule has 6 nitrogen and oxygen atoms in total. The molecule has 3 aromatic rings. The summed E-state index contributed by atoms with van der Waals surface area (Å²) in [5.74, 6) is 2.25. The highest BCUT2D eigenvalue weighted by Gasteiger charge is 2.37. The number of benzene rings is 2. The van der Waals surface area contributed by atoms with Gasteiger partial charge in [0.1, 0.15) is 5.75 Å². The van der Waals surface area contributed by atoms with E-state index in [1.165, 1.54) is 24.8 Å². The summed E-state index contributed by atoms with van der Waals surface area (Å²) in [6.45, 7) is 5.35. The van der Waals surface area contributed by atoms with Crippen molar-refractivity contribution in [2.24, 2.45) is 11.8 Å². The highest BCUT2D eigenvalue weighted by Crippen LogP contribution is 2.38. The van der Waals surface area contributed by atoms with Gasteiger partial charge in [0.2, 0.25) is 0 Å². The van der Waals surface area contributed by atoms with Crippen molar-refractivity contribution in [3.05, 3.63) is 89.1 Å². The Hall–Kier alpha value is -3.54. The summed E-state index contributed by atoms with van der Waals surface area (Å²) in [6, 6.07) is 17.3. The van der Waals surface area contributed by atoms with Crippen LogP contribution in [0.15, 0.2) is 61.1 Å². The molecule has 1 amide bonds. The Kier molecular flexibility index (Phi) is 7.68. The number of aromatic amines is 1. The molecule has 1 aliphatic heterocycles. The second-order valence-corrected chi connectivity index (χ2v) is 12.3. The lowest BCUT2D eigenvalue weighted by Gasteiger charge is -2.42. The molecule has 3 aliphatic rings. The molecular weight excluding hydrogens is 496 g/mol. The van der Waals surface area contributed by atoms with Crippen LogP contribution in [-0.4, -0.2) is 44.9 Å². The first-order valence-corrected chi connectivity index (χ1v) is 15.0. The van der Waals surface area contributed by atoms with Crippen molar-refractivity contribution in [2.75, 3.05) is 7.11 Å². The van der Waals surface area contributed by atoms with Crippen molar-refractivity contribution in [1.82, 2.24) is 19.8 Å². The van der Waals surface area contributed by atoms with E-state index in [0.29, 0.717) is 30.5 Å². The molecule has 6 rings (SSSR count). The maximum atomic E-state index is 14.2. The summed E-state index contributed by atoms with van der Waals surface area (Å²) >= 11 is 0. The van der Waals surface area contributed by atoms with E-state index in [1.807, 2.05) is 18.2 Å². The van der Waals surface area contributed by atoms with Gasteiger partial charge in [-0.3, -0.25) is 4.79 Å². The number of methoxy groups -OCH3 is 1. The SMILES string of the molecule is COc1cc(C(=O)N(C2CCCC2)C2CC(C)CC(C)C2)ccc1CN1C=Cc2nc[nH]c2C1c1ccccc1. The van der Waals surface area contributed by atoms with Crippen molar-refractivity contribution in [3.8, 4) is 5.75 Å². The molecule has 0 radical (unpaired) electrons. The standard InChI is InChI=1S/C34H42N4O2/c1-23-17-24(2)19-29(18-23)38(28-11-7-8-12-28)34(39)26-13-14-27(31(20-26)40-3)21-37-16-15-30-32(36-22-35-30)33(37)25-9-5-4-6-10-25/h4-6,9-10,13-16,20,22-24,28-29,33H,7-8,11-12,17-19,21H2,1-3H3,(H,35,36). The lowest BCUT2D eigenvalue weighted by Crippen LogP contribution is -2.49. The highest BCUT2D eigenvalue weighted by atomic mass is 16.5. The fourth-order valence-corrected chi connectivity index (χ4v) is 7.52. The minimum Gasteiger partial charge on any atom is -0.496 e. The highest BCUT2D eigenvalue weighted by molar-refractivity contribution is 5.95. The fourth-order valence-electron chi connectivity index (χ4n) is 7.52. The first kappa shape index (κ1) is 26.7. The fraction of sp³-hybridized carbons (Fsp3) is 0.471. The average Bonchev–Trinajstić information content (AvgIpc) is 3.66. The number of nitrogens with one attached hydrogen (secondary N) is 1. The quantitative estimate of drug-likeness (QED) is 0.345. The van der Waals surface area contributed by atoms with Crippen LogP contribution >= 0.6 is 0 Å². The summed E-state index contributed by atoms with van der Waals surface area (Å²) < 4.78 is 5.92. The van der Waals surface area contributed by atoms with Crippen molar-refractivity contribution in [2.45, 2.75) is 83.5 Å². The second kappa shape index (κ2) is 11.5. The maximum absolute atomic E-state index is 14.2. The molecule has 6 heteroatoms. The Labute approximate surface area is 238 Å². The molecule has 0 spiro atoms. The number of imidazole rings is 1. The lowest BCUT2D eigenvalue weighted by molar-refractivity contribution is 0.0429. The molecule has 3 atom stereocenters. The summed E-state index contributed by atoms with van der Waals surface area (Å²) in [4.78, 5) is 26.7. The van der Waals surface area contributed by atoms with Gasteiger partial charge < -0.3 is 19.5 Å². The number of fused-ring (bicyclic) bond motifs is 1. The summed E-state index contributed by atoms with van der Waals surface area (Å²) in [5.41, 5.74) is 5.05. The Morgan fingerprint density at radius 1 is 1.02 bits per heavy atom. The van der Waals surface area contributed by atoms with Crippen molar-refractivity contribution in [3.63, 3.8) is 0 Å². The van der Waals surface area contributed by atoms with E-state index in [1.54, 1.807) is 13.4 Å². The maximum Gasteiger partial charge on any atom is 0.254 e. The molecule has 2 aliphatic carbocycles. The topological polar surface area (TPSA) is 61.5 Å². The number of hydrogen-bond acceptors (Lipinski definition) is 4. The Balaban J connectivity index is 1.28. The number of carbonyl (C=O) groups is 1. The van der Waals surface area contributed by atoms with Gasteiger partial charge >= 0.3 is 0 Å². The molecule has 2 saturated carbocycles. The van der Waals surface area contributed by atoms with Gasteiger partial charge in [0.15, 0.2) is 0 Å². The third-order valence-electron chi connectivity index (χ3n) is 9.23. The number of ether oxygens (including phenoxy) is 1. The Morgan fingerprint density at radius 3 is 2.50 bits per heavy atom. The first-order chi connectivity index (χ1) is 19.5. The number of aromatic nitrogens is 2. The van der Waals surface area contributed by atoms with Crippen molar-refractivity contribution >= 4 is 12.0 Å². The molecule has 0 bridgehead atoms. The van der Waals surface area contributed by atoms with E-state index in [0.717, 1.165) is 53.9 Å². The smallest absolute Gasteiger partial charge is 0.254 e. The van der Waals surface area contributed by atoms with Gasteiger partial charge in [-0.2, -0.15) is 0 Å². The van der Waals surface area contributed by atoms with Gasteiger partial charge in [0.05, 0.1) is 30.9 Å². The van der Waals surface area contributed by atoms with Gasteiger partial charge in [-0.15, -0.1) is 0 Å². The molecule has 3 unspecified atom stereocenters. The van der Waals surface area contributed by atoms with Gasteiger partial charge in [-0.05, 0) is 67.7 Å². The average molecular weight is 539 g/mol. The number of carbonyl (C=O) groups excluding carboxylic acids is 1. The van der Waals surface area contributed by atoms with E-state index in [2.05, 4.69) is 76.2 Å². The number of nitrogens with zero attached hydrogens (tertiary/aromatic N) is 3. The third-order valence-corrected chi connectivity index (χ3v) is 9.23. The van der Waals surface area contributed by atoms with Crippen LogP contribution in [0, 0.1) is 11.8 Å². The largest absolute Gasteiger partial charge is 0.496 e. The van der Waals surface area contributed by atoms with E-state index < -0.39 is 0 Å². The van der Waals surface area contributed by atoms with Crippen LogP contribution in [0.3, 0.4) is 0 Å². The zero-order valence-corrected chi connectivity index (χ0v) is 24.1. The zero-order chi connectivity index (χ0) is 27.6. The minimum atomic E-state index is 0.0165. The summed E-state index contributed by atoms with van der Waals surface area (Å²) in [6.07, 6.45) is 14.1. The molecule has 2 heterocycles. The molecule has 0 saturated heterocycles. The summed E-state index contributed by atoms with van der Waals surface area (Å²) in [7, 11) is 1.71. The van der Waals surface area contributed by atoms with Crippen LogP contribution < -0.4 is 4.74 Å². The first-order valence-electron chi connectivity index (χ1n) is 15.0. The molecule has 2 fully saturated rings. The van der Waals surface area contributed by atoms with Crippen LogP contribution in [0.5, 0.6) is 5.75 Å². The Morgan fingerprint density at radius 2 is 1.77 bits per heavy atom. The second-order valence-electron chi connectivity index (χ2n) is 12.3. The van der Waals surface area contributed by atoms with Crippen LogP contribution in [0.2, 0.25) is 0 Å². The number of H-pyrrole nitrogens is 1. The van der Waals surface area contributed by atoms with Gasteiger partial charge in [-0.1, -0.05) is 63.1 Å². The molecule has 1 N–H and O–H groups in total. The van der Waals surface area contributed by atoms with Gasteiger partial charge in [0.25, 0.3) is 5.91 Å². The monoisotopic (exact) mass is 538 g/mol. The zero-order valence-electron chi connectivity index (χ0n) is 24.1. The lowest BCUT2D eigenvalue weighted by atomic mass is 9.79. The van der Waals surface area contributed by atoms with E-state index >= 15 is 0 Å². The molecule has 2 aromatic carbocycles. The predicted octanol–water partition coefficient (Wildman–Crippen LogP) is 7.20. The van der Waals surface area contributed by atoms with E-state index in [-0.39, 0.29) is 11.9 Å². The normalized spacial score (nSPS) is 24.6. The van der Waals surface area contributed by atoms with Crippen LogP contribution in [0.25, 0.3) is 6.08 Å². The van der Waals surface area contributed by atoms with Crippen molar-refractivity contribution < 1.29 is 9.53 Å². The number of hydrogen-bond donors (Lipinski definition) is 1. The number of amides is 1.